The molecule has 0 spiro atoms. The maximum absolute atomic E-state index is 12.7. The first-order chi connectivity index (χ1) is 13.7. The molecule has 4 rings (SSSR count). The maximum atomic E-state index is 12.7. The number of carbonyl (C=O) groups excluding carboxylic acids is 1. The summed E-state index contributed by atoms with van der Waals surface area (Å²) in [6.45, 7) is 2.78. The van der Waals surface area contributed by atoms with Gasteiger partial charge in [0.05, 0.1) is 17.3 Å². The molecule has 2 aromatic heterocycles. The van der Waals surface area contributed by atoms with Crippen molar-refractivity contribution in [2.75, 3.05) is 11.9 Å². The molecule has 0 radical (unpaired) electrons. The van der Waals surface area contributed by atoms with E-state index < -0.39 is 0 Å². The number of nitrogens with zero attached hydrogens (tertiary/aromatic N) is 1. The smallest absolute Gasteiger partial charge is 0.269 e. The molecule has 0 unspecified atom stereocenters. The molecular weight excluding hydrogens is 412 g/mol. The van der Waals surface area contributed by atoms with E-state index in [0.29, 0.717) is 21.6 Å². The quantitative estimate of drug-likeness (QED) is 0.371. The van der Waals surface area contributed by atoms with Gasteiger partial charge in [0.25, 0.3) is 5.91 Å². The van der Waals surface area contributed by atoms with E-state index in [9.17, 15) is 4.79 Å². The van der Waals surface area contributed by atoms with Crippen LogP contribution in [0.4, 0.5) is 5.13 Å². The van der Waals surface area contributed by atoms with Crippen LogP contribution in [0.5, 0.6) is 5.75 Å². The van der Waals surface area contributed by atoms with Crippen LogP contribution in [-0.4, -0.2) is 17.5 Å². The Labute approximate surface area is 175 Å². The van der Waals surface area contributed by atoms with Crippen LogP contribution in [0.15, 0.2) is 53.9 Å². The second kappa shape index (κ2) is 8.31. The predicted molar refractivity (Wildman–Crippen MR) is 118 cm³/mol. The van der Waals surface area contributed by atoms with Gasteiger partial charge in [-0.1, -0.05) is 36.7 Å². The van der Waals surface area contributed by atoms with Gasteiger partial charge in [0.15, 0.2) is 5.13 Å². The number of ether oxygens (including phenoxy) is 1. The number of aromatic nitrogens is 1. The summed E-state index contributed by atoms with van der Waals surface area (Å²) in [5, 5.41) is 6.70. The molecule has 4 aromatic rings. The summed E-state index contributed by atoms with van der Waals surface area (Å²) in [5.41, 5.74) is 1.78. The molecule has 4 nitrogen and oxygen atoms in total. The molecular formula is C21H17ClN2O2S2. The fourth-order valence-corrected chi connectivity index (χ4v) is 4.85. The lowest BCUT2D eigenvalue weighted by atomic mass is 10.2. The molecule has 0 fully saturated rings. The molecule has 2 heterocycles. The molecule has 7 heteroatoms. The summed E-state index contributed by atoms with van der Waals surface area (Å²) >= 11 is 9.16. The molecule has 0 aliphatic rings. The van der Waals surface area contributed by atoms with E-state index in [2.05, 4.69) is 17.2 Å². The molecule has 0 bridgehead atoms. The number of hydrogen-bond donors (Lipinski definition) is 1. The topological polar surface area (TPSA) is 51.2 Å². The van der Waals surface area contributed by atoms with Crippen LogP contribution in [0.1, 0.15) is 23.0 Å². The van der Waals surface area contributed by atoms with Crippen molar-refractivity contribution in [2.24, 2.45) is 0 Å². The predicted octanol–water partition coefficient (Wildman–Crippen LogP) is 6.72. The number of hydrogen-bond acceptors (Lipinski definition) is 5. The molecule has 142 valence electrons. The summed E-state index contributed by atoms with van der Waals surface area (Å²) in [6.07, 6.45) is 0.973. The number of carbonyl (C=O) groups is 1. The van der Waals surface area contributed by atoms with Crippen molar-refractivity contribution < 1.29 is 9.53 Å². The number of fused-ring (bicyclic) bond motifs is 1. The van der Waals surface area contributed by atoms with E-state index >= 15 is 0 Å². The van der Waals surface area contributed by atoms with Crippen LogP contribution in [0.25, 0.3) is 21.3 Å². The summed E-state index contributed by atoms with van der Waals surface area (Å²) in [7, 11) is 0. The van der Waals surface area contributed by atoms with Crippen LogP contribution in [0, 0.1) is 0 Å². The van der Waals surface area contributed by atoms with Gasteiger partial charge >= 0.3 is 0 Å². The summed E-state index contributed by atoms with van der Waals surface area (Å²) in [6, 6.07) is 15.5. The Morgan fingerprint density at radius 3 is 2.71 bits per heavy atom. The van der Waals surface area contributed by atoms with E-state index in [-0.39, 0.29) is 5.91 Å². The van der Waals surface area contributed by atoms with Gasteiger partial charge in [-0.15, -0.1) is 22.7 Å². The van der Waals surface area contributed by atoms with Gasteiger partial charge in [0.1, 0.15) is 10.6 Å². The number of thiophene rings is 1. The minimum absolute atomic E-state index is 0.240. The van der Waals surface area contributed by atoms with Gasteiger partial charge in [0.2, 0.25) is 0 Å². The van der Waals surface area contributed by atoms with Gasteiger partial charge in [-0.2, -0.15) is 0 Å². The highest BCUT2D eigenvalue weighted by Gasteiger charge is 2.18. The number of nitrogens with one attached hydrogen (secondary N) is 1. The lowest BCUT2D eigenvalue weighted by Crippen LogP contribution is -2.10. The number of benzene rings is 2. The van der Waals surface area contributed by atoms with Crippen LogP contribution >= 0.6 is 34.3 Å². The molecule has 1 N–H and O–H groups in total. The number of halogens is 1. The normalized spacial score (nSPS) is 10.9. The first kappa shape index (κ1) is 18.9. The molecule has 0 aliphatic heterocycles. The number of thiazole rings is 1. The molecule has 0 aliphatic carbocycles. The maximum Gasteiger partial charge on any atom is 0.269 e. The summed E-state index contributed by atoms with van der Waals surface area (Å²) in [5.74, 6) is 0.601. The van der Waals surface area contributed by atoms with Gasteiger partial charge in [0, 0.05) is 21.0 Å². The zero-order valence-corrected chi connectivity index (χ0v) is 17.5. The van der Waals surface area contributed by atoms with Crippen molar-refractivity contribution in [3.63, 3.8) is 0 Å². The largest absolute Gasteiger partial charge is 0.494 e. The van der Waals surface area contributed by atoms with Gasteiger partial charge < -0.3 is 4.74 Å². The average molecular weight is 429 g/mol. The Morgan fingerprint density at radius 2 is 1.96 bits per heavy atom. The molecule has 2 aromatic carbocycles. The number of amides is 1. The second-order valence-corrected chi connectivity index (χ2v) is 8.39. The van der Waals surface area contributed by atoms with E-state index in [0.717, 1.165) is 33.5 Å². The van der Waals surface area contributed by atoms with Crippen molar-refractivity contribution in [2.45, 2.75) is 13.3 Å². The number of rotatable bonds is 6. The molecule has 1 amide bonds. The summed E-state index contributed by atoms with van der Waals surface area (Å²) < 4.78 is 6.59. The van der Waals surface area contributed by atoms with Crippen molar-refractivity contribution in [3.8, 4) is 17.0 Å². The molecule has 0 saturated carbocycles. The average Bonchev–Trinajstić information content (AvgIpc) is 3.32. The van der Waals surface area contributed by atoms with Crippen LogP contribution in [0.2, 0.25) is 5.02 Å². The third-order valence-electron chi connectivity index (χ3n) is 4.09. The molecule has 28 heavy (non-hydrogen) atoms. The van der Waals surface area contributed by atoms with Gasteiger partial charge in [-0.3, -0.25) is 10.1 Å². The zero-order valence-electron chi connectivity index (χ0n) is 15.1. The van der Waals surface area contributed by atoms with Gasteiger partial charge in [-0.25, -0.2) is 4.98 Å². The number of anilines is 1. The standard InChI is InChI=1S/C21H17ClN2O2S2/c1-2-11-26-14-9-7-13(8-10-14)16-12-27-21(23-16)24-20(25)19-18(22)15-5-3-4-6-17(15)28-19/h3-10,12H,2,11H2,1H3,(H,23,24,25). The minimum atomic E-state index is -0.240. The summed E-state index contributed by atoms with van der Waals surface area (Å²) in [4.78, 5) is 17.7. The SMILES string of the molecule is CCCOc1ccc(-c2csc(NC(=O)c3sc4ccccc4c3Cl)n2)cc1. The Bertz CT molecular complexity index is 1120. The van der Waals surface area contributed by atoms with E-state index in [1.54, 1.807) is 0 Å². The van der Waals surface area contributed by atoms with Crippen molar-refractivity contribution >= 4 is 55.4 Å². The second-order valence-electron chi connectivity index (χ2n) is 6.11. The van der Waals surface area contributed by atoms with E-state index in [4.69, 9.17) is 16.3 Å². The van der Waals surface area contributed by atoms with Gasteiger partial charge in [-0.05, 0) is 36.8 Å². The lowest BCUT2D eigenvalue weighted by molar-refractivity contribution is 0.103. The molecule has 0 saturated heterocycles. The highest BCUT2D eigenvalue weighted by Crippen LogP contribution is 2.36. The van der Waals surface area contributed by atoms with Crippen molar-refractivity contribution in [1.29, 1.82) is 0 Å². The van der Waals surface area contributed by atoms with Crippen LogP contribution < -0.4 is 10.1 Å². The Morgan fingerprint density at radius 1 is 1.18 bits per heavy atom. The minimum Gasteiger partial charge on any atom is -0.494 e. The third-order valence-corrected chi connectivity index (χ3v) is 6.52. The fraction of sp³-hybridized carbons (Fsp3) is 0.143. The zero-order chi connectivity index (χ0) is 19.5. The fourth-order valence-electron chi connectivity index (χ4n) is 2.72. The third kappa shape index (κ3) is 3.90. The van der Waals surface area contributed by atoms with E-state index in [1.165, 1.54) is 22.7 Å². The van der Waals surface area contributed by atoms with E-state index in [1.807, 2.05) is 53.9 Å². The van der Waals surface area contributed by atoms with Crippen LogP contribution in [0.3, 0.4) is 0 Å². The highest BCUT2D eigenvalue weighted by molar-refractivity contribution is 7.21. The Kier molecular flexibility index (Phi) is 5.62. The first-order valence-electron chi connectivity index (χ1n) is 8.83. The Balaban J connectivity index is 1.49. The van der Waals surface area contributed by atoms with Crippen molar-refractivity contribution in [1.82, 2.24) is 4.98 Å². The lowest BCUT2D eigenvalue weighted by Gasteiger charge is -2.04. The van der Waals surface area contributed by atoms with Crippen molar-refractivity contribution in [3.05, 3.63) is 63.8 Å². The monoisotopic (exact) mass is 428 g/mol. The highest BCUT2D eigenvalue weighted by atomic mass is 35.5. The Hall–Kier alpha value is -2.41. The van der Waals surface area contributed by atoms with Crippen LogP contribution in [-0.2, 0) is 0 Å². The first-order valence-corrected chi connectivity index (χ1v) is 10.9. The molecule has 0 atom stereocenters.